The predicted octanol–water partition coefficient (Wildman–Crippen LogP) is 3.00. The van der Waals surface area contributed by atoms with E-state index in [2.05, 4.69) is 0 Å². The monoisotopic (exact) mass is 275 g/mol. The molecule has 106 valence electrons. The standard InChI is InChI=1S/C13H16F3NO2/c1-2-7-17(9-12(18)19)8-10-3-5-11(6-4-10)13(14,15)16/h3-6H,2,7-9H2,1H3,(H,18,19). The Morgan fingerprint density at radius 3 is 2.26 bits per heavy atom. The second-order valence-corrected chi connectivity index (χ2v) is 4.30. The summed E-state index contributed by atoms with van der Waals surface area (Å²) in [4.78, 5) is 12.4. The number of halogens is 3. The molecule has 6 heteroatoms. The molecule has 0 unspecified atom stereocenters. The minimum Gasteiger partial charge on any atom is -0.480 e. The number of benzene rings is 1. The zero-order valence-electron chi connectivity index (χ0n) is 10.6. The van der Waals surface area contributed by atoms with Crippen molar-refractivity contribution in [2.24, 2.45) is 0 Å². The van der Waals surface area contributed by atoms with E-state index in [-0.39, 0.29) is 6.54 Å². The number of carboxylic acid groups (broad SMARTS) is 1. The fraction of sp³-hybridized carbons (Fsp3) is 0.462. The quantitative estimate of drug-likeness (QED) is 0.867. The lowest BCUT2D eigenvalue weighted by Crippen LogP contribution is -2.30. The van der Waals surface area contributed by atoms with Crippen LogP contribution in [0.2, 0.25) is 0 Å². The number of carbonyl (C=O) groups is 1. The van der Waals surface area contributed by atoms with Gasteiger partial charge in [-0.3, -0.25) is 9.69 Å². The maximum Gasteiger partial charge on any atom is 0.416 e. The molecule has 0 amide bonds. The highest BCUT2D eigenvalue weighted by atomic mass is 19.4. The number of carboxylic acids is 1. The third-order valence-electron chi connectivity index (χ3n) is 2.59. The van der Waals surface area contributed by atoms with E-state index in [9.17, 15) is 18.0 Å². The van der Waals surface area contributed by atoms with Crippen molar-refractivity contribution in [1.29, 1.82) is 0 Å². The van der Waals surface area contributed by atoms with Crippen LogP contribution in [0.25, 0.3) is 0 Å². The fourth-order valence-electron chi connectivity index (χ4n) is 1.78. The summed E-state index contributed by atoms with van der Waals surface area (Å²) >= 11 is 0. The molecule has 1 aromatic rings. The Bertz CT molecular complexity index is 415. The van der Waals surface area contributed by atoms with E-state index in [0.29, 0.717) is 18.7 Å². The molecule has 0 aromatic heterocycles. The summed E-state index contributed by atoms with van der Waals surface area (Å²) < 4.78 is 37.2. The molecule has 0 spiro atoms. The van der Waals surface area contributed by atoms with Crippen molar-refractivity contribution in [1.82, 2.24) is 4.90 Å². The smallest absolute Gasteiger partial charge is 0.416 e. The largest absolute Gasteiger partial charge is 0.480 e. The van der Waals surface area contributed by atoms with Gasteiger partial charge in [0.2, 0.25) is 0 Å². The van der Waals surface area contributed by atoms with E-state index in [0.717, 1.165) is 18.6 Å². The summed E-state index contributed by atoms with van der Waals surface area (Å²) in [6.45, 7) is 2.72. The van der Waals surface area contributed by atoms with Crippen molar-refractivity contribution >= 4 is 5.97 Å². The highest BCUT2D eigenvalue weighted by Crippen LogP contribution is 2.29. The lowest BCUT2D eigenvalue weighted by atomic mass is 10.1. The van der Waals surface area contributed by atoms with Crippen LogP contribution in [0, 0.1) is 0 Å². The van der Waals surface area contributed by atoms with Crippen molar-refractivity contribution in [3.05, 3.63) is 35.4 Å². The van der Waals surface area contributed by atoms with Crippen LogP contribution in [0.15, 0.2) is 24.3 Å². The average Bonchev–Trinajstić information content (AvgIpc) is 2.28. The molecule has 19 heavy (non-hydrogen) atoms. The Hall–Kier alpha value is -1.56. The first-order valence-corrected chi connectivity index (χ1v) is 5.93. The Kier molecular flexibility index (Phi) is 5.35. The topological polar surface area (TPSA) is 40.5 Å². The molecule has 3 nitrogen and oxygen atoms in total. The van der Waals surface area contributed by atoms with E-state index < -0.39 is 17.7 Å². The summed E-state index contributed by atoms with van der Waals surface area (Å²) in [7, 11) is 0. The molecule has 0 aliphatic rings. The van der Waals surface area contributed by atoms with Gasteiger partial charge in [0.05, 0.1) is 12.1 Å². The molecule has 0 heterocycles. The molecule has 1 aromatic carbocycles. The molecule has 0 atom stereocenters. The normalized spacial score (nSPS) is 11.8. The van der Waals surface area contributed by atoms with Gasteiger partial charge in [-0.1, -0.05) is 19.1 Å². The van der Waals surface area contributed by atoms with Gasteiger partial charge in [0.1, 0.15) is 0 Å². The number of hydrogen-bond acceptors (Lipinski definition) is 2. The van der Waals surface area contributed by atoms with E-state index in [1.807, 2.05) is 6.92 Å². The number of nitrogens with zero attached hydrogens (tertiary/aromatic N) is 1. The Morgan fingerprint density at radius 1 is 1.26 bits per heavy atom. The highest BCUT2D eigenvalue weighted by Gasteiger charge is 2.29. The highest BCUT2D eigenvalue weighted by molar-refractivity contribution is 5.69. The summed E-state index contributed by atoms with van der Waals surface area (Å²) in [5.41, 5.74) is -0.0285. The van der Waals surface area contributed by atoms with Gasteiger partial charge in [-0.25, -0.2) is 0 Å². The summed E-state index contributed by atoms with van der Waals surface area (Å²) in [5.74, 6) is -0.944. The first-order chi connectivity index (χ1) is 8.82. The van der Waals surface area contributed by atoms with E-state index >= 15 is 0 Å². The van der Waals surface area contributed by atoms with Crippen LogP contribution in [0.4, 0.5) is 13.2 Å². The van der Waals surface area contributed by atoms with E-state index in [1.165, 1.54) is 12.1 Å². The van der Waals surface area contributed by atoms with Crippen LogP contribution in [0.5, 0.6) is 0 Å². The molecule has 0 aliphatic heterocycles. The fourth-order valence-corrected chi connectivity index (χ4v) is 1.78. The van der Waals surface area contributed by atoms with Crippen molar-refractivity contribution in [3.63, 3.8) is 0 Å². The van der Waals surface area contributed by atoms with Crippen LogP contribution in [-0.2, 0) is 17.5 Å². The van der Waals surface area contributed by atoms with Crippen LogP contribution < -0.4 is 0 Å². The maximum absolute atomic E-state index is 12.4. The number of alkyl halides is 3. The number of aliphatic carboxylic acids is 1. The molecule has 0 radical (unpaired) electrons. The van der Waals surface area contributed by atoms with Gasteiger partial charge < -0.3 is 5.11 Å². The molecule has 0 bridgehead atoms. The molecular weight excluding hydrogens is 259 g/mol. The minimum atomic E-state index is -4.34. The van der Waals surface area contributed by atoms with Crippen LogP contribution >= 0.6 is 0 Å². The molecule has 0 aliphatic carbocycles. The van der Waals surface area contributed by atoms with Crippen LogP contribution in [0.3, 0.4) is 0 Å². The van der Waals surface area contributed by atoms with Crippen molar-refractivity contribution < 1.29 is 23.1 Å². The number of hydrogen-bond donors (Lipinski definition) is 1. The molecule has 1 rings (SSSR count). The first kappa shape index (κ1) is 15.5. The maximum atomic E-state index is 12.4. The number of rotatable bonds is 6. The van der Waals surface area contributed by atoms with Crippen LogP contribution in [-0.4, -0.2) is 29.1 Å². The van der Waals surface area contributed by atoms with Gasteiger partial charge in [0, 0.05) is 6.54 Å². The van der Waals surface area contributed by atoms with E-state index in [1.54, 1.807) is 4.90 Å². The average molecular weight is 275 g/mol. The van der Waals surface area contributed by atoms with Gasteiger partial charge in [-0.15, -0.1) is 0 Å². The van der Waals surface area contributed by atoms with Gasteiger partial charge >= 0.3 is 12.1 Å². The van der Waals surface area contributed by atoms with Gasteiger partial charge in [0.25, 0.3) is 0 Å². The van der Waals surface area contributed by atoms with Crippen molar-refractivity contribution in [2.75, 3.05) is 13.1 Å². The predicted molar refractivity (Wildman–Crippen MR) is 64.6 cm³/mol. The van der Waals surface area contributed by atoms with Crippen molar-refractivity contribution in [2.45, 2.75) is 26.1 Å². The summed E-state index contributed by atoms with van der Waals surface area (Å²) in [6.07, 6.45) is -3.56. The lowest BCUT2D eigenvalue weighted by Gasteiger charge is -2.19. The third-order valence-corrected chi connectivity index (χ3v) is 2.59. The van der Waals surface area contributed by atoms with Gasteiger partial charge in [0.15, 0.2) is 0 Å². The Morgan fingerprint density at radius 2 is 1.84 bits per heavy atom. The first-order valence-electron chi connectivity index (χ1n) is 5.93. The molecule has 1 N–H and O–H groups in total. The molecule has 0 saturated heterocycles. The molecule has 0 saturated carbocycles. The van der Waals surface area contributed by atoms with E-state index in [4.69, 9.17) is 5.11 Å². The van der Waals surface area contributed by atoms with Gasteiger partial charge in [-0.2, -0.15) is 13.2 Å². The Labute approximate surface area is 109 Å². The molecule has 0 fully saturated rings. The zero-order valence-corrected chi connectivity index (χ0v) is 10.6. The zero-order chi connectivity index (χ0) is 14.5. The second kappa shape index (κ2) is 6.56. The second-order valence-electron chi connectivity index (χ2n) is 4.30. The SMILES string of the molecule is CCCN(CC(=O)O)Cc1ccc(C(F)(F)F)cc1. The summed E-state index contributed by atoms with van der Waals surface area (Å²) in [6, 6.07) is 4.79. The third kappa shape index (κ3) is 5.30. The minimum absolute atomic E-state index is 0.116. The summed E-state index contributed by atoms with van der Waals surface area (Å²) in [5, 5.41) is 8.75. The Balaban J connectivity index is 2.72. The van der Waals surface area contributed by atoms with Crippen molar-refractivity contribution in [3.8, 4) is 0 Å². The van der Waals surface area contributed by atoms with Crippen LogP contribution in [0.1, 0.15) is 24.5 Å². The lowest BCUT2D eigenvalue weighted by molar-refractivity contribution is -0.138. The van der Waals surface area contributed by atoms with Gasteiger partial charge in [-0.05, 0) is 30.7 Å². The molecular formula is C13H16F3NO2.